The van der Waals surface area contributed by atoms with E-state index in [1.807, 2.05) is 0 Å². The summed E-state index contributed by atoms with van der Waals surface area (Å²) in [6.07, 6.45) is 0. The standard InChI is InChI=1S/C22H21N7O6S/c1-35-14-7-11(6-12(8-30)16(14)31)15(26-13-4-2-10(3-5-13)18(23)24)19-27-22(34)29(28-19)20-17(21(32)33)36-9-25-20/h2-7,9,15,26,30-31H,8H2,1H3,(H3,23,24)(H,32,33)(H,27,28,34). The van der Waals surface area contributed by atoms with Crippen LogP contribution in [0.3, 0.4) is 0 Å². The van der Waals surface area contributed by atoms with Crippen LogP contribution in [-0.4, -0.2) is 54.0 Å². The molecule has 0 bridgehead atoms. The lowest BCUT2D eigenvalue weighted by Gasteiger charge is -2.20. The Kier molecular flexibility index (Phi) is 6.71. The maximum Gasteiger partial charge on any atom is 0.349 e. The number of nitrogens with one attached hydrogen (secondary N) is 3. The van der Waals surface area contributed by atoms with Crippen molar-refractivity contribution in [1.82, 2.24) is 19.7 Å². The van der Waals surface area contributed by atoms with Crippen LogP contribution < -0.4 is 21.5 Å². The zero-order valence-corrected chi connectivity index (χ0v) is 19.5. The van der Waals surface area contributed by atoms with Crippen LogP contribution in [0.1, 0.15) is 38.2 Å². The van der Waals surface area contributed by atoms with Crippen molar-refractivity contribution < 1.29 is 24.9 Å². The molecule has 0 fully saturated rings. The molecule has 8 N–H and O–H groups in total. The van der Waals surface area contributed by atoms with Crippen molar-refractivity contribution in [3.05, 3.63) is 79.8 Å². The molecule has 0 spiro atoms. The number of nitrogens with two attached hydrogens (primary N) is 1. The van der Waals surface area contributed by atoms with Crippen LogP contribution in [0.4, 0.5) is 5.69 Å². The average molecular weight is 512 g/mol. The lowest BCUT2D eigenvalue weighted by atomic mass is 10.0. The van der Waals surface area contributed by atoms with Crippen LogP contribution >= 0.6 is 11.3 Å². The highest BCUT2D eigenvalue weighted by Crippen LogP contribution is 2.36. The number of thiazole rings is 1. The van der Waals surface area contributed by atoms with Gasteiger partial charge in [0.25, 0.3) is 0 Å². The second-order valence-electron chi connectivity index (χ2n) is 7.49. The zero-order chi connectivity index (χ0) is 26.0. The molecule has 4 aromatic rings. The number of H-pyrrole nitrogens is 1. The number of carbonyl (C=O) groups is 1. The number of carboxylic acid groups (broad SMARTS) is 1. The predicted molar refractivity (Wildman–Crippen MR) is 130 cm³/mol. The summed E-state index contributed by atoms with van der Waals surface area (Å²) in [5.41, 5.74) is 7.82. The lowest BCUT2D eigenvalue weighted by molar-refractivity contribution is 0.0701. The smallest absolute Gasteiger partial charge is 0.349 e. The highest BCUT2D eigenvalue weighted by Gasteiger charge is 2.25. The van der Waals surface area contributed by atoms with Gasteiger partial charge in [0, 0.05) is 16.8 Å². The van der Waals surface area contributed by atoms with Gasteiger partial charge in [-0.15, -0.1) is 16.4 Å². The Hall–Kier alpha value is -4.69. The van der Waals surface area contributed by atoms with E-state index in [0.717, 1.165) is 16.0 Å². The van der Waals surface area contributed by atoms with Gasteiger partial charge in [-0.25, -0.2) is 14.6 Å². The van der Waals surface area contributed by atoms with E-state index in [9.17, 15) is 24.9 Å². The summed E-state index contributed by atoms with van der Waals surface area (Å²) in [7, 11) is 1.36. The summed E-state index contributed by atoms with van der Waals surface area (Å²) in [5, 5.41) is 44.5. The number of aromatic amines is 1. The van der Waals surface area contributed by atoms with Crippen LogP contribution in [0.2, 0.25) is 0 Å². The first-order valence-electron chi connectivity index (χ1n) is 10.3. The number of nitrogen functional groups attached to an aromatic ring is 1. The van der Waals surface area contributed by atoms with E-state index < -0.39 is 24.3 Å². The van der Waals surface area contributed by atoms with Gasteiger partial charge in [-0.05, 0) is 42.0 Å². The minimum absolute atomic E-state index is 0.0877. The normalized spacial score (nSPS) is 11.7. The quantitative estimate of drug-likeness (QED) is 0.127. The number of aliphatic hydroxyl groups is 1. The summed E-state index contributed by atoms with van der Waals surface area (Å²) in [5.74, 6) is -1.54. The first kappa shape index (κ1) is 24.4. The molecule has 14 heteroatoms. The fourth-order valence-corrected chi connectivity index (χ4v) is 4.11. The third-order valence-corrected chi connectivity index (χ3v) is 6.06. The van der Waals surface area contributed by atoms with E-state index >= 15 is 0 Å². The number of ether oxygens (including phenoxy) is 1. The average Bonchev–Trinajstić information content (AvgIpc) is 3.49. The Morgan fingerprint density at radius 2 is 2.06 bits per heavy atom. The molecule has 2 aromatic carbocycles. The van der Waals surface area contributed by atoms with Gasteiger partial charge in [0.2, 0.25) is 0 Å². The van der Waals surface area contributed by atoms with Gasteiger partial charge >= 0.3 is 11.7 Å². The van der Waals surface area contributed by atoms with E-state index in [1.54, 1.807) is 24.3 Å². The molecule has 0 amide bonds. The minimum Gasteiger partial charge on any atom is -0.504 e. The van der Waals surface area contributed by atoms with Gasteiger partial charge in [-0.3, -0.25) is 10.4 Å². The van der Waals surface area contributed by atoms with Crippen LogP contribution in [0, 0.1) is 5.41 Å². The van der Waals surface area contributed by atoms with Crippen LogP contribution in [0.15, 0.2) is 46.7 Å². The van der Waals surface area contributed by atoms with Crippen molar-refractivity contribution in [2.24, 2.45) is 5.73 Å². The largest absolute Gasteiger partial charge is 0.504 e. The summed E-state index contributed by atoms with van der Waals surface area (Å²) in [6.45, 7) is -0.484. The Morgan fingerprint density at radius 3 is 2.67 bits per heavy atom. The molecule has 0 aliphatic carbocycles. The minimum atomic E-state index is -1.25. The third kappa shape index (κ3) is 4.62. The zero-order valence-electron chi connectivity index (χ0n) is 18.7. The van der Waals surface area contributed by atoms with Crippen molar-refractivity contribution in [2.45, 2.75) is 12.6 Å². The molecule has 0 saturated carbocycles. The van der Waals surface area contributed by atoms with Crippen LogP contribution in [0.25, 0.3) is 5.82 Å². The number of hydrogen-bond donors (Lipinski definition) is 7. The van der Waals surface area contributed by atoms with E-state index in [0.29, 0.717) is 16.8 Å². The van der Waals surface area contributed by atoms with Gasteiger partial charge in [-0.2, -0.15) is 4.68 Å². The number of hydrogen-bond acceptors (Lipinski definition) is 10. The van der Waals surface area contributed by atoms with Gasteiger partial charge in [0.15, 0.2) is 28.0 Å². The number of anilines is 1. The number of carboxylic acids is 1. The Morgan fingerprint density at radius 1 is 1.33 bits per heavy atom. The second-order valence-corrected chi connectivity index (χ2v) is 8.35. The predicted octanol–water partition coefficient (Wildman–Crippen LogP) is 1.41. The molecule has 2 aromatic heterocycles. The highest BCUT2D eigenvalue weighted by atomic mass is 32.1. The number of aromatic hydroxyl groups is 1. The molecule has 4 rings (SSSR count). The monoisotopic (exact) mass is 511 g/mol. The van der Waals surface area contributed by atoms with Gasteiger partial charge in [0.05, 0.1) is 19.2 Å². The van der Waals surface area contributed by atoms with Crippen molar-refractivity contribution in [1.29, 1.82) is 5.41 Å². The number of aromatic carboxylic acids is 1. The van der Waals surface area contributed by atoms with Gasteiger partial charge < -0.3 is 31.1 Å². The second kappa shape index (κ2) is 9.89. The molecule has 0 aliphatic heterocycles. The molecule has 13 nitrogen and oxygen atoms in total. The number of methoxy groups -OCH3 is 1. The summed E-state index contributed by atoms with van der Waals surface area (Å²) >= 11 is 0.853. The molecular weight excluding hydrogens is 490 g/mol. The molecule has 0 saturated heterocycles. The highest BCUT2D eigenvalue weighted by molar-refractivity contribution is 7.12. The molecular formula is C22H21N7O6S. The van der Waals surface area contributed by atoms with E-state index in [-0.39, 0.29) is 39.4 Å². The molecule has 2 heterocycles. The van der Waals surface area contributed by atoms with E-state index in [4.69, 9.17) is 15.9 Å². The first-order chi connectivity index (χ1) is 17.2. The number of aromatic nitrogens is 4. The van der Waals surface area contributed by atoms with Crippen molar-refractivity contribution >= 4 is 28.8 Å². The maximum atomic E-state index is 12.8. The molecule has 0 aliphatic rings. The van der Waals surface area contributed by atoms with E-state index in [2.05, 4.69) is 20.4 Å². The third-order valence-electron chi connectivity index (χ3n) is 5.26. The lowest BCUT2D eigenvalue weighted by Crippen LogP contribution is -2.18. The first-order valence-corrected chi connectivity index (χ1v) is 11.2. The number of nitrogens with zero attached hydrogens (tertiary/aromatic N) is 3. The number of phenols is 1. The van der Waals surface area contributed by atoms with Crippen LogP contribution in [-0.2, 0) is 6.61 Å². The number of amidine groups is 1. The van der Waals surface area contributed by atoms with Gasteiger partial charge in [0.1, 0.15) is 11.9 Å². The van der Waals surface area contributed by atoms with Gasteiger partial charge in [-0.1, -0.05) is 0 Å². The maximum absolute atomic E-state index is 12.8. The van der Waals surface area contributed by atoms with Crippen molar-refractivity contribution in [3.63, 3.8) is 0 Å². The SMILES string of the molecule is COc1cc(C(Nc2ccc(C(=N)N)cc2)c2nn(-c3ncsc3C(=O)O)c(=O)[nH]2)cc(CO)c1O. The molecule has 1 atom stereocenters. The molecule has 186 valence electrons. The fraction of sp³-hybridized carbons (Fsp3) is 0.136. The number of aliphatic hydroxyl groups excluding tert-OH is 1. The summed E-state index contributed by atoms with van der Waals surface area (Å²) < 4.78 is 6.09. The fourth-order valence-electron chi connectivity index (χ4n) is 3.51. The summed E-state index contributed by atoms with van der Waals surface area (Å²) in [6, 6.07) is 8.79. The van der Waals surface area contributed by atoms with Crippen molar-refractivity contribution in [2.75, 3.05) is 12.4 Å². The Labute approximate surface area is 207 Å². The molecule has 0 radical (unpaired) electrons. The Balaban J connectivity index is 1.85. The van der Waals surface area contributed by atoms with Crippen LogP contribution in [0.5, 0.6) is 11.5 Å². The number of benzene rings is 2. The topological polar surface area (TPSA) is 212 Å². The molecule has 1 unspecified atom stereocenters. The summed E-state index contributed by atoms with van der Waals surface area (Å²) in [4.78, 5) is 30.7. The molecule has 36 heavy (non-hydrogen) atoms. The number of rotatable bonds is 9. The van der Waals surface area contributed by atoms with E-state index in [1.165, 1.54) is 24.8 Å². The Bertz CT molecular complexity index is 1470. The van der Waals surface area contributed by atoms with Crippen molar-refractivity contribution in [3.8, 4) is 17.3 Å².